The van der Waals surface area contributed by atoms with Gasteiger partial charge in [-0.3, -0.25) is 4.79 Å². The number of carbonyl (C=O) groups is 2. The summed E-state index contributed by atoms with van der Waals surface area (Å²) in [7, 11) is -3.65. The number of esters is 1. The first-order chi connectivity index (χ1) is 15.8. The van der Waals surface area contributed by atoms with Crippen molar-refractivity contribution in [3.63, 3.8) is 0 Å². The Balaban J connectivity index is 1.49. The fourth-order valence-corrected chi connectivity index (χ4v) is 8.47. The van der Waals surface area contributed by atoms with Gasteiger partial charge in [0.05, 0.1) is 16.5 Å². The number of rotatable bonds is 6. The molecule has 2 heterocycles. The molecule has 1 aliphatic heterocycles. The van der Waals surface area contributed by atoms with Crippen molar-refractivity contribution in [2.24, 2.45) is 10.8 Å². The Morgan fingerprint density at radius 3 is 2.50 bits per heavy atom. The van der Waals surface area contributed by atoms with Gasteiger partial charge in [0.25, 0.3) is 5.91 Å². The normalized spacial score (nSPS) is 24.1. The number of hydrogen-bond donors (Lipinski definition) is 1. The minimum Gasteiger partial charge on any atom is -0.462 e. The van der Waals surface area contributed by atoms with E-state index in [9.17, 15) is 18.0 Å². The molecule has 2 unspecified atom stereocenters. The van der Waals surface area contributed by atoms with Crippen LogP contribution in [0.3, 0.4) is 0 Å². The molecule has 2 fully saturated rings. The van der Waals surface area contributed by atoms with Gasteiger partial charge in [0.15, 0.2) is 0 Å². The summed E-state index contributed by atoms with van der Waals surface area (Å²) in [6.45, 7) is 11.0. The molecule has 1 saturated carbocycles. The Bertz CT molecular complexity index is 1220. The number of fused-ring (bicyclic) bond motifs is 2. The van der Waals surface area contributed by atoms with Gasteiger partial charge in [-0.25, -0.2) is 13.2 Å². The molecule has 184 valence electrons. The van der Waals surface area contributed by atoms with Crippen molar-refractivity contribution >= 4 is 38.2 Å². The first-order valence-corrected chi connectivity index (χ1v) is 13.8. The molecule has 2 bridgehead atoms. The average molecular weight is 505 g/mol. The molecule has 1 aromatic carbocycles. The van der Waals surface area contributed by atoms with Crippen LogP contribution in [-0.2, 0) is 14.8 Å². The number of nitrogens with one attached hydrogen (secondary N) is 1. The molecule has 7 nitrogen and oxygen atoms in total. The molecule has 1 aromatic heterocycles. The number of hydrogen-bond acceptors (Lipinski definition) is 6. The van der Waals surface area contributed by atoms with E-state index in [-0.39, 0.29) is 34.3 Å². The molecule has 2 aliphatic rings. The smallest absolute Gasteiger partial charge is 0.348 e. The molecule has 1 aliphatic carbocycles. The van der Waals surface area contributed by atoms with Crippen molar-refractivity contribution < 1.29 is 22.7 Å². The molecule has 0 spiro atoms. The van der Waals surface area contributed by atoms with E-state index >= 15 is 0 Å². The first-order valence-electron chi connectivity index (χ1n) is 11.5. The second-order valence-electron chi connectivity index (χ2n) is 10.6. The summed E-state index contributed by atoms with van der Waals surface area (Å²) in [5, 5.41) is 3.32. The van der Waals surface area contributed by atoms with E-state index in [2.05, 4.69) is 26.1 Å². The monoisotopic (exact) mass is 504 g/mol. The average Bonchev–Trinajstić information content (AvgIpc) is 3.23. The predicted molar refractivity (Wildman–Crippen MR) is 133 cm³/mol. The third-order valence-electron chi connectivity index (χ3n) is 6.71. The largest absolute Gasteiger partial charge is 0.462 e. The molecule has 4 rings (SSSR count). The second kappa shape index (κ2) is 8.77. The number of nitrogens with zero attached hydrogens (tertiary/aromatic N) is 1. The minimum absolute atomic E-state index is 0.000552. The Hall–Kier alpha value is -2.23. The number of thiophene rings is 1. The van der Waals surface area contributed by atoms with Crippen LogP contribution in [0.1, 0.15) is 72.6 Å². The van der Waals surface area contributed by atoms with Crippen molar-refractivity contribution in [1.29, 1.82) is 0 Å². The minimum atomic E-state index is -3.65. The van der Waals surface area contributed by atoms with E-state index < -0.39 is 16.0 Å². The van der Waals surface area contributed by atoms with Crippen molar-refractivity contribution in [1.82, 2.24) is 4.31 Å². The van der Waals surface area contributed by atoms with Crippen molar-refractivity contribution in [2.45, 2.75) is 64.8 Å². The van der Waals surface area contributed by atoms with E-state index in [0.717, 1.165) is 36.2 Å². The number of ether oxygens (including phenoxy) is 1. The Morgan fingerprint density at radius 1 is 1.18 bits per heavy atom. The van der Waals surface area contributed by atoms with E-state index in [4.69, 9.17) is 4.74 Å². The lowest BCUT2D eigenvalue weighted by Crippen LogP contribution is -2.37. The van der Waals surface area contributed by atoms with E-state index in [1.54, 1.807) is 24.2 Å². The third kappa shape index (κ3) is 4.78. The van der Waals surface area contributed by atoms with Gasteiger partial charge in [0.2, 0.25) is 10.0 Å². The van der Waals surface area contributed by atoms with Crippen LogP contribution >= 0.6 is 11.3 Å². The highest BCUT2D eigenvalue weighted by atomic mass is 32.2. The first kappa shape index (κ1) is 24.9. The van der Waals surface area contributed by atoms with Crippen LogP contribution in [0.5, 0.6) is 0 Å². The van der Waals surface area contributed by atoms with Gasteiger partial charge >= 0.3 is 5.97 Å². The van der Waals surface area contributed by atoms with Gasteiger partial charge in [-0.05, 0) is 79.8 Å². The van der Waals surface area contributed by atoms with Gasteiger partial charge in [-0.2, -0.15) is 4.31 Å². The fourth-order valence-electron chi connectivity index (χ4n) is 5.73. The predicted octanol–water partition coefficient (Wildman–Crippen LogP) is 5.07. The van der Waals surface area contributed by atoms with Crippen LogP contribution in [0.25, 0.3) is 0 Å². The fraction of sp³-hybridized carbons (Fsp3) is 0.520. The highest BCUT2D eigenvalue weighted by molar-refractivity contribution is 7.89. The van der Waals surface area contributed by atoms with E-state index in [0.29, 0.717) is 22.0 Å². The van der Waals surface area contributed by atoms with Crippen LogP contribution in [0.4, 0.5) is 5.00 Å². The number of benzene rings is 1. The number of aryl methyl sites for hydroxylation is 1. The van der Waals surface area contributed by atoms with Gasteiger partial charge < -0.3 is 10.1 Å². The van der Waals surface area contributed by atoms with Crippen molar-refractivity contribution in [3.8, 4) is 0 Å². The van der Waals surface area contributed by atoms with Crippen LogP contribution in [0, 0.1) is 17.8 Å². The Morgan fingerprint density at radius 2 is 1.85 bits per heavy atom. The number of sulfonamides is 1. The van der Waals surface area contributed by atoms with E-state index in [1.807, 2.05) is 0 Å². The summed E-state index contributed by atoms with van der Waals surface area (Å²) in [6.07, 6.45) is 2.77. The molecule has 1 saturated heterocycles. The standard InChI is InChI=1S/C25H32N2O5S2/c1-6-32-23(29)21-16(2)11-20(33-21)26-22(28)17-7-9-19(10-8-17)34(30,31)27-15-25(5)13-18(27)12-24(3,4)14-25/h7-11,18H,6,12-15H2,1-5H3,(H,26,28). The van der Waals surface area contributed by atoms with Crippen LogP contribution in [0.2, 0.25) is 0 Å². The van der Waals surface area contributed by atoms with Gasteiger partial charge in [-0.15, -0.1) is 11.3 Å². The quantitative estimate of drug-likeness (QED) is 0.554. The number of anilines is 1. The summed E-state index contributed by atoms with van der Waals surface area (Å²) in [6, 6.07) is 7.80. The second-order valence-corrected chi connectivity index (χ2v) is 13.5. The summed E-state index contributed by atoms with van der Waals surface area (Å²) >= 11 is 1.15. The van der Waals surface area contributed by atoms with Crippen LogP contribution in [0.15, 0.2) is 35.2 Å². The zero-order valence-corrected chi connectivity index (χ0v) is 21.9. The summed E-state index contributed by atoms with van der Waals surface area (Å²) < 4.78 is 33.6. The Kier molecular flexibility index (Phi) is 6.42. The highest BCUT2D eigenvalue weighted by Crippen LogP contribution is 2.53. The molecular formula is C25H32N2O5S2. The topological polar surface area (TPSA) is 92.8 Å². The zero-order valence-electron chi connectivity index (χ0n) is 20.3. The number of amides is 1. The van der Waals surface area contributed by atoms with Crippen molar-refractivity contribution in [3.05, 3.63) is 46.3 Å². The lowest BCUT2D eigenvalue weighted by Gasteiger charge is -2.39. The van der Waals surface area contributed by atoms with Crippen LogP contribution < -0.4 is 5.32 Å². The Labute approximate surface area is 205 Å². The van der Waals surface area contributed by atoms with Gasteiger partial charge in [-0.1, -0.05) is 20.8 Å². The summed E-state index contributed by atoms with van der Waals surface area (Å²) in [5.74, 6) is -0.782. The number of carbonyl (C=O) groups excluding carboxylic acids is 2. The van der Waals surface area contributed by atoms with Gasteiger partial charge in [0, 0.05) is 18.2 Å². The van der Waals surface area contributed by atoms with Gasteiger partial charge in [0.1, 0.15) is 4.88 Å². The molecule has 9 heteroatoms. The molecule has 34 heavy (non-hydrogen) atoms. The molecule has 0 radical (unpaired) electrons. The maximum Gasteiger partial charge on any atom is 0.348 e. The van der Waals surface area contributed by atoms with E-state index in [1.165, 1.54) is 24.3 Å². The zero-order chi connectivity index (χ0) is 24.9. The molecule has 2 atom stereocenters. The van der Waals surface area contributed by atoms with Crippen LogP contribution in [-0.4, -0.2) is 43.8 Å². The summed E-state index contributed by atoms with van der Waals surface area (Å²) in [5.41, 5.74) is 1.20. The third-order valence-corrected chi connectivity index (χ3v) is 9.75. The maximum absolute atomic E-state index is 13.4. The highest BCUT2D eigenvalue weighted by Gasteiger charge is 2.53. The van der Waals surface area contributed by atoms with Crippen molar-refractivity contribution in [2.75, 3.05) is 18.5 Å². The molecule has 1 N–H and O–H groups in total. The maximum atomic E-state index is 13.4. The summed E-state index contributed by atoms with van der Waals surface area (Å²) in [4.78, 5) is 25.4. The molecular weight excluding hydrogens is 472 g/mol. The lowest BCUT2D eigenvalue weighted by atomic mass is 9.65. The molecule has 2 aromatic rings. The lowest BCUT2D eigenvalue weighted by molar-refractivity contribution is 0.0531. The molecule has 1 amide bonds. The SMILES string of the molecule is CCOC(=O)c1sc(NC(=O)c2ccc(S(=O)(=O)N3CC4(C)CC3CC(C)(C)C4)cc2)cc1C.